The Morgan fingerprint density at radius 1 is 0.970 bits per heavy atom. The van der Waals surface area contributed by atoms with Gasteiger partial charge in [-0.1, -0.05) is 42.5 Å². The Morgan fingerprint density at radius 3 is 2.39 bits per heavy atom. The van der Waals surface area contributed by atoms with Crippen molar-refractivity contribution in [3.63, 3.8) is 0 Å². The molecule has 1 N–H and O–H groups in total. The number of nitrogens with zero attached hydrogens (tertiary/aromatic N) is 3. The van der Waals surface area contributed by atoms with Crippen LogP contribution in [0.3, 0.4) is 0 Å². The molecule has 1 amide bonds. The first-order valence-electron chi connectivity index (χ1n) is 10.4. The number of rotatable bonds is 8. The predicted octanol–water partition coefficient (Wildman–Crippen LogP) is 3.69. The maximum absolute atomic E-state index is 12.9. The van der Waals surface area contributed by atoms with Gasteiger partial charge in [0.05, 0.1) is 16.9 Å². The number of hydrogen-bond donors (Lipinski definition) is 1. The predicted molar refractivity (Wildman–Crippen MR) is 127 cm³/mol. The Labute approximate surface area is 193 Å². The van der Waals surface area contributed by atoms with Gasteiger partial charge in [-0.2, -0.15) is 0 Å². The van der Waals surface area contributed by atoms with Crippen LogP contribution in [0.1, 0.15) is 21.5 Å². The molecule has 0 atom stereocenters. The van der Waals surface area contributed by atoms with Crippen LogP contribution in [0, 0.1) is 0 Å². The second kappa shape index (κ2) is 9.70. The molecule has 1 heterocycles. The van der Waals surface area contributed by atoms with Crippen molar-refractivity contribution in [2.75, 3.05) is 11.4 Å². The standard InChI is InChI=1S/C25H24N4O3S/c1-28(23-8-3-2-4-9-23)33(31,32)24-12-10-22(11-13-24)25(30)27-17-20-6-5-7-21(16-20)18-29-15-14-26-19-29/h2-16,19H,17-18H2,1H3,(H,27,30). The van der Waals surface area contributed by atoms with E-state index in [0.717, 1.165) is 11.1 Å². The molecule has 0 saturated carbocycles. The molecule has 0 unspecified atom stereocenters. The molecule has 0 radical (unpaired) electrons. The summed E-state index contributed by atoms with van der Waals surface area (Å²) in [5.74, 6) is -0.268. The summed E-state index contributed by atoms with van der Waals surface area (Å²) < 4.78 is 29.0. The maximum Gasteiger partial charge on any atom is 0.264 e. The highest BCUT2D eigenvalue weighted by atomic mass is 32.2. The number of amides is 1. The summed E-state index contributed by atoms with van der Waals surface area (Å²) in [6.07, 6.45) is 5.39. The van der Waals surface area contributed by atoms with E-state index in [1.54, 1.807) is 36.8 Å². The lowest BCUT2D eigenvalue weighted by molar-refractivity contribution is 0.0951. The van der Waals surface area contributed by atoms with Gasteiger partial charge < -0.3 is 9.88 Å². The molecule has 168 valence electrons. The van der Waals surface area contributed by atoms with Gasteiger partial charge >= 0.3 is 0 Å². The largest absolute Gasteiger partial charge is 0.348 e. The van der Waals surface area contributed by atoms with Crippen molar-refractivity contribution in [2.45, 2.75) is 18.0 Å². The van der Waals surface area contributed by atoms with Crippen LogP contribution in [0.2, 0.25) is 0 Å². The van der Waals surface area contributed by atoms with Crippen molar-refractivity contribution in [2.24, 2.45) is 0 Å². The van der Waals surface area contributed by atoms with Gasteiger partial charge in [-0.15, -0.1) is 0 Å². The summed E-state index contributed by atoms with van der Waals surface area (Å²) in [7, 11) is -2.21. The van der Waals surface area contributed by atoms with Gasteiger partial charge in [0.2, 0.25) is 0 Å². The number of imidazole rings is 1. The van der Waals surface area contributed by atoms with Crippen molar-refractivity contribution >= 4 is 21.6 Å². The molecule has 0 bridgehead atoms. The molecular weight excluding hydrogens is 436 g/mol. The molecule has 33 heavy (non-hydrogen) atoms. The second-order valence-corrected chi connectivity index (χ2v) is 9.54. The van der Waals surface area contributed by atoms with Gasteiger partial charge in [-0.05, 0) is 47.5 Å². The average molecular weight is 461 g/mol. The third kappa shape index (κ3) is 5.30. The third-order valence-electron chi connectivity index (χ3n) is 5.26. The highest BCUT2D eigenvalue weighted by Gasteiger charge is 2.21. The van der Waals surface area contributed by atoms with Crippen LogP contribution in [0.15, 0.2) is 102 Å². The van der Waals surface area contributed by atoms with Crippen LogP contribution in [-0.2, 0) is 23.1 Å². The van der Waals surface area contributed by atoms with E-state index >= 15 is 0 Å². The van der Waals surface area contributed by atoms with Crippen molar-refractivity contribution in [1.82, 2.24) is 14.9 Å². The lowest BCUT2D eigenvalue weighted by Crippen LogP contribution is -2.27. The minimum Gasteiger partial charge on any atom is -0.348 e. The molecule has 3 aromatic carbocycles. The van der Waals surface area contributed by atoms with Crippen molar-refractivity contribution in [3.8, 4) is 0 Å². The smallest absolute Gasteiger partial charge is 0.264 e. The minimum absolute atomic E-state index is 0.123. The maximum atomic E-state index is 12.9. The zero-order valence-corrected chi connectivity index (χ0v) is 18.9. The average Bonchev–Trinajstić information content (AvgIpc) is 3.36. The summed E-state index contributed by atoms with van der Waals surface area (Å²) in [5.41, 5.74) is 3.04. The first-order valence-corrected chi connectivity index (χ1v) is 11.8. The lowest BCUT2D eigenvalue weighted by Gasteiger charge is -2.19. The molecule has 0 spiro atoms. The Morgan fingerprint density at radius 2 is 1.70 bits per heavy atom. The fraction of sp³-hybridized carbons (Fsp3) is 0.120. The lowest BCUT2D eigenvalue weighted by atomic mass is 10.1. The van der Waals surface area contributed by atoms with E-state index in [0.29, 0.717) is 24.3 Å². The van der Waals surface area contributed by atoms with E-state index in [1.165, 1.54) is 35.6 Å². The molecule has 8 heteroatoms. The Kier molecular flexibility index (Phi) is 6.55. The van der Waals surface area contributed by atoms with Gasteiger partial charge in [0, 0.05) is 38.1 Å². The van der Waals surface area contributed by atoms with Gasteiger partial charge in [-0.25, -0.2) is 13.4 Å². The van der Waals surface area contributed by atoms with Gasteiger partial charge in [-0.3, -0.25) is 9.10 Å². The van der Waals surface area contributed by atoms with Gasteiger partial charge in [0.1, 0.15) is 0 Å². The molecule has 0 saturated heterocycles. The van der Waals surface area contributed by atoms with Gasteiger partial charge in [0.25, 0.3) is 15.9 Å². The van der Waals surface area contributed by atoms with E-state index < -0.39 is 10.0 Å². The Balaban J connectivity index is 1.40. The zero-order chi connectivity index (χ0) is 23.3. The zero-order valence-electron chi connectivity index (χ0n) is 18.1. The first-order chi connectivity index (χ1) is 15.9. The van der Waals surface area contributed by atoms with Crippen LogP contribution in [0.4, 0.5) is 5.69 Å². The molecule has 1 aromatic heterocycles. The van der Waals surface area contributed by atoms with Crippen molar-refractivity contribution in [1.29, 1.82) is 0 Å². The number of anilines is 1. The van der Waals surface area contributed by atoms with Crippen LogP contribution >= 0.6 is 0 Å². The summed E-state index contributed by atoms with van der Waals surface area (Å²) in [6.45, 7) is 1.07. The summed E-state index contributed by atoms with van der Waals surface area (Å²) in [5, 5.41) is 2.89. The molecular formula is C25H24N4O3S. The van der Waals surface area contributed by atoms with E-state index in [2.05, 4.69) is 10.3 Å². The summed E-state index contributed by atoms with van der Waals surface area (Å²) >= 11 is 0. The molecule has 7 nitrogen and oxygen atoms in total. The normalized spacial score (nSPS) is 11.2. The number of sulfonamides is 1. The molecule has 4 aromatic rings. The molecule has 0 aliphatic heterocycles. The van der Waals surface area contributed by atoms with Crippen LogP contribution < -0.4 is 9.62 Å². The number of aromatic nitrogens is 2. The van der Waals surface area contributed by atoms with E-state index in [9.17, 15) is 13.2 Å². The van der Waals surface area contributed by atoms with Crippen LogP contribution in [-0.4, -0.2) is 30.9 Å². The number of hydrogen-bond acceptors (Lipinski definition) is 4. The highest BCUT2D eigenvalue weighted by Crippen LogP contribution is 2.22. The Bertz CT molecular complexity index is 1320. The fourth-order valence-electron chi connectivity index (χ4n) is 3.43. The van der Waals surface area contributed by atoms with Crippen LogP contribution in [0.5, 0.6) is 0 Å². The number of benzene rings is 3. The van der Waals surface area contributed by atoms with Crippen LogP contribution in [0.25, 0.3) is 0 Å². The summed E-state index contributed by atoms with van der Waals surface area (Å²) in [4.78, 5) is 16.8. The minimum atomic E-state index is -3.72. The van der Waals surface area contributed by atoms with E-state index in [-0.39, 0.29) is 10.8 Å². The number of carbonyl (C=O) groups is 1. The quantitative estimate of drug-likeness (QED) is 0.435. The van der Waals surface area contributed by atoms with Crippen molar-refractivity contribution in [3.05, 3.63) is 114 Å². The highest BCUT2D eigenvalue weighted by molar-refractivity contribution is 7.92. The number of carbonyl (C=O) groups excluding carboxylic acids is 1. The SMILES string of the molecule is CN(c1ccccc1)S(=O)(=O)c1ccc(C(=O)NCc2cccc(Cn3ccnc3)c2)cc1. The fourth-order valence-corrected chi connectivity index (χ4v) is 4.62. The molecule has 0 aliphatic rings. The third-order valence-corrected chi connectivity index (χ3v) is 7.06. The molecule has 4 rings (SSSR count). The van der Waals surface area contributed by atoms with E-state index in [1.807, 2.05) is 41.1 Å². The molecule has 0 aliphatic carbocycles. The molecule has 0 fully saturated rings. The topological polar surface area (TPSA) is 84.3 Å². The van der Waals surface area contributed by atoms with Gasteiger partial charge in [0.15, 0.2) is 0 Å². The van der Waals surface area contributed by atoms with Crippen molar-refractivity contribution < 1.29 is 13.2 Å². The monoisotopic (exact) mass is 460 g/mol. The second-order valence-electron chi connectivity index (χ2n) is 7.57. The first kappa shape index (κ1) is 22.3. The Hall–Kier alpha value is -3.91. The summed E-state index contributed by atoms with van der Waals surface area (Å²) in [6, 6.07) is 22.8. The number of para-hydroxylation sites is 1. The number of nitrogens with one attached hydrogen (secondary N) is 1. The van der Waals surface area contributed by atoms with E-state index in [4.69, 9.17) is 0 Å².